The highest BCUT2D eigenvalue weighted by Crippen LogP contribution is 2.14. The number of carboxylic acids is 1. The van der Waals surface area contributed by atoms with E-state index in [-0.39, 0.29) is 18.6 Å². The van der Waals surface area contributed by atoms with Crippen LogP contribution in [-0.2, 0) is 28.7 Å². The number of aliphatic hydroxyl groups is 1. The fraction of sp³-hybridized carbons (Fsp3) is 0.692. The molecule has 9 nitrogen and oxygen atoms in total. The van der Waals surface area contributed by atoms with Gasteiger partial charge in [0.05, 0.1) is 12.3 Å². The Labute approximate surface area is 209 Å². The number of allylic oxidation sites excluding steroid dienone is 1. The summed E-state index contributed by atoms with van der Waals surface area (Å²) in [6.45, 7) is 5.84. The van der Waals surface area contributed by atoms with Crippen LogP contribution in [0, 0.1) is 5.92 Å². The molecule has 0 rings (SSSR count). The molecule has 9 heteroatoms. The predicted molar refractivity (Wildman–Crippen MR) is 132 cm³/mol. The van der Waals surface area contributed by atoms with Crippen molar-refractivity contribution in [1.82, 2.24) is 4.90 Å². The quantitative estimate of drug-likeness (QED) is 0.113. The van der Waals surface area contributed by atoms with E-state index in [2.05, 4.69) is 13.5 Å². The number of aliphatic carboxylic acids is 1. The Hall–Kier alpha value is -2.68. The number of amides is 1. The van der Waals surface area contributed by atoms with E-state index in [9.17, 15) is 24.3 Å². The van der Waals surface area contributed by atoms with E-state index >= 15 is 0 Å². The monoisotopic (exact) mass is 497 g/mol. The highest BCUT2D eigenvalue weighted by Gasteiger charge is 2.25. The fourth-order valence-corrected chi connectivity index (χ4v) is 3.23. The molecule has 0 bridgehead atoms. The van der Waals surface area contributed by atoms with Crippen LogP contribution in [0.25, 0.3) is 0 Å². The summed E-state index contributed by atoms with van der Waals surface area (Å²) < 4.78 is 9.81. The summed E-state index contributed by atoms with van der Waals surface area (Å²) in [5.74, 6) is -3.93. The highest BCUT2D eigenvalue weighted by atomic mass is 16.6. The second kappa shape index (κ2) is 19.6. The number of likely N-dealkylation sites (N-methyl/N-ethyl adjacent to an activating group) is 1. The van der Waals surface area contributed by atoms with E-state index < -0.39 is 49.0 Å². The summed E-state index contributed by atoms with van der Waals surface area (Å²) >= 11 is 0. The standard InChI is InChI=1S/C26H43NO8/c1-5-6-7-8-9-10-11-12-13-14-15-21(25(32)27(4)17-23(29)30)16-24(31)34-18-22(28)19-35-26(33)20(2)3/h14-15,21-22,28H,2,5-13,16-19H2,1,3-4H3,(H,29,30)/b15-14+. The Balaban J connectivity index is 4.66. The number of hydrogen-bond acceptors (Lipinski definition) is 7. The Bertz CT molecular complexity index is 703. The third-order valence-corrected chi connectivity index (χ3v) is 5.24. The number of carboxylic acid groups (broad SMARTS) is 1. The zero-order valence-electron chi connectivity index (χ0n) is 21.5. The molecule has 1 amide bonds. The van der Waals surface area contributed by atoms with Gasteiger partial charge in [0.25, 0.3) is 0 Å². The molecule has 0 heterocycles. The van der Waals surface area contributed by atoms with Crippen molar-refractivity contribution in [3.8, 4) is 0 Å². The van der Waals surface area contributed by atoms with Gasteiger partial charge in [0.15, 0.2) is 0 Å². The van der Waals surface area contributed by atoms with Crippen LogP contribution in [0.1, 0.15) is 78.1 Å². The van der Waals surface area contributed by atoms with Gasteiger partial charge in [-0.3, -0.25) is 14.4 Å². The topological polar surface area (TPSA) is 130 Å². The normalized spacial score (nSPS) is 12.7. The number of aliphatic hydroxyl groups excluding tert-OH is 1. The summed E-state index contributed by atoms with van der Waals surface area (Å²) in [5.41, 5.74) is 0.180. The molecule has 0 fully saturated rings. The van der Waals surface area contributed by atoms with Crippen molar-refractivity contribution < 1.29 is 38.9 Å². The first-order valence-corrected chi connectivity index (χ1v) is 12.4. The lowest BCUT2D eigenvalue weighted by Gasteiger charge is -2.20. The maximum absolute atomic E-state index is 12.7. The van der Waals surface area contributed by atoms with Gasteiger partial charge in [-0.05, 0) is 19.8 Å². The second-order valence-electron chi connectivity index (χ2n) is 8.81. The van der Waals surface area contributed by atoms with E-state index in [0.717, 1.165) is 30.6 Å². The predicted octanol–water partition coefficient (Wildman–Crippen LogP) is 3.65. The first kappa shape index (κ1) is 32.3. The zero-order chi connectivity index (χ0) is 26.6. The Morgan fingerprint density at radius 1 is 0.971 bits per heavy atom. The molecule has 0 spiro atoms. The fourth-order valence-electron chi connectivity index (χ4n) is 3.23. The molecule has 0 radical (unpaired) electrons. The van der Waals surface area contributed by atoms with Crippen LogP contribution >= 0.6 is 0 Å². The van der Waals surface area contributed by atoms with Crippen LogP contribution in [0.2, 0.25) is 0 Å². The third-order valence-electron chi connectivity index (χ3n) is 5.24. The van der Waals surface area contributed by atoms with Gasteiger partial charge in [-0.25, -0.2) is 4.79 Å². The molecular weight excluding hydrogens is 454 g/mol. The minimum absolute atomic E-state index is 0.180. The molecular formula is C26H43NO8. The third kappa shape index (κ3) is 17.4. The van der Waals surface area contributed by atoms with Gasteiger partial charge in [-0.1, -0.05) is 70.6 Å². The molecule has 200 valence electrons. The summed E-state index contributed by atoms with van der Waals surface area (Å²) in [6.07, 6.45) is 12.2. The van der Waals surface area contributed by atoms with Gasteiger partial charge in [-0.15, -0.1) is 0 Å². The van der Waals surface area contributed by atoms with Crippen molar-refractivity contribution in [2.75, 3.05) is 26.8 Å². The van der Waals surface area contributed by atoms with Gasteiger partial charge >= 0.3 is 17.9 Å². The number of carbonyl (C=O) groups is 4. The maximum atomic E-state index is 12.7. The lowest BCUT2D eigenvalue weighted by atomic mass is 10.0. The molecule has 2 unspecified atom stereocenters. The van der Waals surface area contributed by atoms with E-state index in [4.69, 9.17) is 14.6 Å². The Kier molecular flexibility index (Phi) is 18.1. The molecule has 0 aliphatic heterocycles. The molecule has 2 N–H and O–H groups in total. The summed E-state index contributed by atoms with van der Waals surface area (Å²) in [5, 5.41) is 18.8. The van der Waals surface area contributed by atoms with Crippen LogP contribution in [0.4, 0.5) is 0 Å². The van der Waals surface area contributed by atoms with Gasteiger partial charge < -0.3 is 24.6 Å². The number of rotatable bonds is 20. The number of carbonyl (C=O) groups excluding carboxylic acids is 3. The average Bonchev–Trinajstić information content (AvgIpc) is 2.80. The Morgan fingerprint density at radius 3 is 2.11 bits per heavy atom. The summed E-state index contributed by atoms with van der Waals surface area (Å²) in [4.78, 5) is 48.3. The van der Waals surface area contributed by atoms with Crippen molar-refractivity contribution >= 4 is 23.8 Å². The summed E-state index contributed by atoms with van der Waals surface area (Å²) in [6, 6.07) is 0. The molecule has 0 saturated carbocycles. The molecule has 0 aliphatic rings. The van der Waals surface area contributed by atoms with Crippen LogP contribution < -0.4 is 0 Å². The highest BCUT2D eigenvalue weighted by molar-refractivity contribution is 5.87. The van der Waals surface area contributed by atoms with Crippen molar-refractivity contribution in [3.05, 3.63) is 24.3 Å². The maximum Gasteiger partial charge on any atom is 0.333 e. The molecule has 0 aromatic carbocycles. The minimum Gasteiger partial charge on any atom is -0.480 e. The molecule has 35 heavy (non-hydrogen) atoms. The van der Waals surface area contributed by atoms with Crippen LogP contribution in [0.5, 0.6) is 0 Å². The van der Waals surface area contributed by atoms with Crippen molar-refractivity contribution in [3.63, 3.8) is 0 Å². The molecule has 0 aromatic heterocycles. The van der Waals surface area contributed by atoms with E-state index in [1.807, 2.05) is 6.08 Å². The smallest absolute Gasteiger partial charge is 0.333 e. The van der Waals surface area contributed by atoms with Gasteiger partial charge in [0.1, 0.15) is 25.9 Å². The van der Waals surface area contributed by atoms with Crippen molar-refractivity contribution in [2.24, 2.45) is 5.92 Å². The van der Waals surface area contributed by atoms with Crippen molar-refractivity contribution in [2.45, 2.75) is 84.2 Å². The first-order valence-electron chi connectivity index (χ1n) is 12.4. The van der Waals surface area contributed by atoms with Gasteiger partial charge in [0.2, 0.25) is 5.91 Å². The SMILES string of the molecule is C=C(C)C(=O)OCC(O)COC(=O)CC(/C=C/CCCCCCCCCC)C(=O)N(C)CC(=O)O. The van der Waals surface area contributed by atoms with Gasteiger partial charge in [0, 0.05) is 12.6 Å². The lowest BCUT2D eigenvalue weighted by Crippen LogP contribution is -2.37. The van der Waals surface area contributed by atoms with Crippen LogP contribution in [0.3, 0.4) is 0 Å². The Morgan fingerprint density at radius 2 is 1.54 bits per heavy atom. The second-order valence-corrected chi connectivity index (χ2v) is 8.81. The number of esters is 2. The number of ether oxygens (including phenoxy) is 2. The lowest BCUT2D eigenvalue weighted by molar-refractivity contribution is -0.153. The molecule has 2 atom stereocenters. The van der Waals surface area contributed by atoms with Crippen LogP contribution in [-0.4, -0.2) is 71.8 Å². The summed E-state index contributed by atoms with van der Waals surface area (Å²) in [7, 11) is 1.36. The molecule has 0 aromatic rings. The van der Waals surface area contributed by atoms with E-state index in [0.29, 0.717) is 0 Å². The minimum atomic E-state index is -1.22. The number of hydrogen-bond donors (Lipinski definition) is 2. The van der Waals surface area contributed by atoms with Gasteiger partial charge in [-0.2, -0.15) is 0 Å². The van der Waals surface area contributed by atoms with Crippen LogP contribution in [0.15, 0.2) is 24.3 Å². The molecule has 0 saturated heterocycles. The molecule has 0 aliphatic carbocycles. The number of unbranched alkanes of at least 4 members (excludes halogenated alkanes) is 8. The van der Waals surface area contributed by atoms with E-state index in [1.165, 1.54) is 46.1 Å². The largest absolute Gasteiger partial charge is 0.480 e. The average molecular weight is 498 g/mol. The first-order chi connectivity index (χ1) is 16.6. The number of nitrogens with zero attached hydrogens (tertiary/aromatic N) is 1. The van der Waals surface area contributed by atoms with Crippen molar-refractivity contribution in [1.29, 1.82) is 0 Å². The zero-order valence-corrected chi connectivity index (χ0v) is 21.5. The van der Waals surface area contributed by atoms with E-state index in [1.54, 1.807) is 6.08 Å².